The highest BCUT2D eigenvalue weighted by Crippen LogP contribution is 2.31. The van der Waals surface area contributed by atoms with Crippen LogP contribution in [0.3, 0.4) is 0 Å². The molecule has 3 aromatic heterocycles. The number of aryl methyl sites for hydroxylation is 1. The first-order chi connectivity index (χ1) is 21.1. The maximum absolute atomic E-state index is 15.2. The maximum atomic E-state index is 15.2. The fourth-order valence-electron chi connectivity index (χ4n) is 5.25. The predicted octanol–water partition coefficient (Wildman–Crippen LogP) is 4.93. The zero-order chi connectivity index (χ0) is 31.8. The third kappa shape index (κ3) is 8.29. The quantitative estimate of drug-likeness (QED) is 0.0712. The minimum atomic E-state index is -0.547. The summed E-state index contributed by atoms with van der Waals surface area (Å²) in [6.07, 6.45) is 8.22. The van der Waals surface area contributed by atoms with E-state index in [2.05, 4.69) is 32.2 Å². The smallest absolute Gasteiger partial charge is 0.354 e. The Bertz CT molecular complexity index is 1660. The number of aliphatic imine (C=N–C) groups is 1. The van der Waals surface area contributed by atoms with Gasteiger partial charge in [0.15, 0.2) is 5.82 Å². The molecular weight excluding hydrogens is 583 g/mol. The van der Waals surface area contributed by atoms with Crippen LogP contribution in [0.1, 0.15) is 75.7 Å². The molecule has 2 atom stereocenters. The number of rotatable bonds is 15. The van der Waals surface area contributed by atoms with Crippen molar-refractivity contribution in [1.82, 2.24) is 24.8 Å². The Labute approximate surface area is 261 Å². The summed E-state index contributed by atoms with van der Waals surface area (Å²) < 4.78 is 16.5. The van der Waals surface area contributed by atoms with Gasteiger partial charge in [0, 0.05) is 41.3 Å². The molecule has 2 unspecified atom stereocenters. The van der Waals surface area contributed by atoms with Crippen LogP contribution in [0.5, 0.6) is 0 Å². The van der Waals surface area contributed by atoms with Crippen molar-refractivity contribution in [2.45, 2.75) is 78.0 Å². The SMILES string of the molecule is CCCC(NCCCN=C(C)N)c1ncc(-n2cc3cc(-c4cc(CCCC(C)N)cc(Cl)c4F)[nH]c3nc2=O)cc1CO. The third-order valence-electron chi connectivity index (χ3n) is 7.44. The molecule has 0 radical (unpaired) electrons. The molecule has 3 heterocycles. The summed E-state index contributed by atoms with van der Waals surface area (Å²) in [4.78, 5) is 29.3. The average Bonchev–Trinajstić information content (AvgIpc) is 3.39. The lowest BCUT2D eigenvalue weighted by Gasteiger charge is -2.21. The van der Waals surface area contributed by atoms with E-state index in [1.165, 1.54) is 4.57 Å². The molecule has 0 aliphatic heterocycles. The van der Waals surface area contributed by atoms with Crippen LogP contribution in [-0.2, 0) is 13.0 Å². The lowest BCUT2D eigenvalue weighted by Crippen LogP contribution is -2.26. The van der Waals surface area contributed by atoms with Gasteiger partial charge in [0.2, 0.25) is 0 Å². The van der Waals surface area contributed by atoms with E-state index in [0.717, 1.165) is 43.4 Å². The number of pyridine rings is 1. The number of nitrogens with zero attached hydrogens (tertiary/aromatic N) is 4. The molecule has 4 aromatic rings. The number of fused-ring (bicyclic) bond motifs is 1. The van der Waals surface area contributed by atoms with Gasteiger partial charge in [0.05, 0.1) is 40.7 Å². The van der Waals surface area contributed by atoms with Crippen molar-refractivity contribution in [2.75, 3.05) is 13.1 Å². The van der Waals surface area contributed by atoms with Gasteiger partial charge in [-0.3, -0.25) is 14.5 Å². The van der Waals surface area contributed by atoms with Crippen LogP contribution in [0.2, 0.25) is 5.02 Å². The second-order valence-corrected chi connectivity index (χ2v) is 11.7. The Kier molecular flexibility index (Phi) is 11.6. The number of nitrogens with two attached hydrogens (primary N) is 2. The normalized spacial score (nSPS) is 13.5. The Morgan fingerprint density at radius 1 is 1.25 bits per heavy atom. The van der Waals surface area contributed by atoms with Crippen LogP contribution in [0.4, 0.5) is 4.39 Å². The minimum Gasteiger partial charge on any atom is -0.392 e. The largest absolute Gasteiger partial charge is 0.392 e. The van der Waals surface area contributed by atoms with E-state index in [-0.39, 0.29) is 23.7 Å². The number of aliphatic hydroxyl groups excluding tert-OH is 1. The second-order valence-electron chi connectivity index (χ2n) is 11.3. The Balaban J connectivity index is 1.62. The van der Waals surface area contributed by atoms with Gasteiger partial charge in [-0.1, -0.05) is 24.9 Å². The monoisotopic (exact) mass is 624 g/mol. The van der Waals surface area contributed by atoms with Crippen molar-refractivity contribution >= 4 is 28.5 Å². The molecule has 0 saturated carbocycles. The number of halogens is 2. The summed E-state index contributed by atoms with van der Waals surface area (Å²) in [6.45, 7) is 6.92. The van der Waals surface area contributed by atoms with Crippen LogP contribution < -0.4 is 22.5 Å². The van der Waals surface area contributed by atoms with Crippen molar-refractivity contribution in [1.29, 1.82) is 0 Å². The standard InChI is InChI=1S/C32H42ClFN8O2/c1-4-7-27(38-11-6-10-37-20(3)36)30-23(18-43)14-24(16-39-30)42-17-22-15-28(40-31(22)41-32(42)44)25-12-21(9-5-8-19(2)35)13-26(33)29(25)34/h12-17,19,27,38,43H,4-11,18,35H2,1-3H3,(H2,36,37)(H,40,41,44). The Morgan fingerprint density at radius 2 is 2.05 bits per heavy atom. The number of H-pyrrole nitrogens is 1. The number of benzene rings is 1. The molecule has 10 nitrogen and oxygen atoms in total. The van der Waals surface area contributed by atoms with Gasteiger partial charge in [-0.25, -0.2) is 9.18 Å². The van der Waals surface area contributed by atoms with E-state index in [1.54, 1.807) is 43.6 Å². The summed E-state index contributed by atoms with van der Waals surface area (Å²) in [5, 5.41) is 14.4. The van der Waals surface area contributed by atoms with E-state index in [9.17, 15) is 9.90 Å². The number of amidine groups is 1. The number of aromatic amines is 1. The first kappa shape index (κ1) is 33.3. The molecule has 0 aliphatic carbocycles. The van der Waals surface area contributed by atoms with Gasteiger partial charge in [-0.15, -0.1) is 0 Å². The van der Waals surface area contributed by atoms with Crippen molar-refractivity contribution in [3.8, 4) is 16.9 Å². The van der Waals surface area contributed by atoms with Gasteiger partial charge in [0.1, 0.15) is 5.65 Å². The van der Waals surface area contributed by atoms with Gasteiger partial charge in [-0.2, -0.15) is 4.98 Å². The molecule has 44 heavy (non-hydrogen) atoms. The highest BCUT2D eigenvalue weighted by molar-refractivity contribution is 6.31. The molecule has 7 N–H and O–H groups in total. The van der Waals surface area contributed by atoms with Crippen LogP contribution in [0.25, 0.3) is 28.0 Å². The third-order valence-corrected chi connectivity index (χ3v) is 7.72. The van der Waals surface area contributed by atoms with E-state index >= 15 is 4.39 Å². The van der Waals surface area contributed by atoms with Crippen LogP contribution in [0.15, 0.2) is 46.4 Å². The number of nitrogens with one attached hydrogen (secondary N) is 2. The molecule has 0 bridgehead atoms. The summed E-state index contributed by atoms with van der Waals surface area (Å²) in [7, 11) is 0. The van der Waals surface area contributed by atoms with Gasteiger partial charge in [0.25, 0.3) is 0 Å². The predicted molar refractivity (Wildman–Crippen MR) is 175 cm³/mol. The first-order valence-corrected chi connectivity index (χ1v) is 15.4. The number of aliphatic hydroxyl groups is 1. The topological polar surface area (TPSA) is 160 Å². The Hall–Kier alpha value is -3.64. The fourth-order valence-corrected chi connectivity index (χ4v) is 5.50. The first-order valence-electron chi connectivity index (χ1n) is 15.1. The molecular formula is C32H42ClFN8O2. The molecule has 0 aliphatic rings. The fraction of sp³-hybridized carbons (Fsp3) is 0.438. The van der Waals surface area contributed by atoms with E-state index in [4.69, 9.17) is 23.1 Å². The van der Waals surface area contributed by atoms with Crippen molar-refractivity contribution in [2.24, 2.45) is 16.5 Å². The molecule has 1 aromatic carbocycles. The molecule has 236 valence electrons. The molecule has 12 heteroatoms. The molecule has 4 rings (SSSR count). The zero-order valence-corrected chi connectivity index (χ0v) is 26.3. The second kappa shape index (κ2) is 15.4. The van der Waals surface area contributed by atoms with Crippen LogP contribution in [-0.4, -0.2) is 49.6 Å². The molecule has 0 saturated heterocycles. The van der Waals surface area contributed by atoms with E-state index in [0.29, 0.717) is 58.9 Å². The summed E-state index contributed by atoms with van der Waals surface area (Å²) in [5.74, 6) is 0.0116. The number of hydrogen-bond acceptors (Lipinski definition) is 7. The maximum Gasteiger partial charge on any atom is 0.354 e. The van der Waals surface area contributed by atoms with Crippen molar-refractivity contribution < 1.29 is 9.50 Å². The van der Waals surface area contributed by atoms with Crippen molar-refractivity contribution in [3.05, 3.63) is 74.8 Å². The Morgan fingerprint density at radius 3 is 2.75 bits per heavy atom. The summed E-state index contributed by atoms with van der Waals surface area (Å²) in [5.41, 5.74) is 14.8. The van der Waals surface area contributed by atoms with E-state index in [1.807, 2.05) is 6.92 Å². The highest BCUT2D eigenvalue weighted by Gasteiger charge is 2.19. The zero-order valence-electron chi connectivity index (χ0n) is 25.5. The van der Waals surface area contributed by atoms with Gasteiger partial charge in [-0.05, 0) is 82.3 Å². The summed E-state index contributed by atoms with van der Waals surface area (Å²) >= 11 is 6.25. The summed E-state index contributed by atoms with van der Waals surface area (Å²) in [6, 6.07) is 6.92. The van der Waals surface area contributed by atoms with Crippen LogP contribution in [0, 0.1) is 5.82 Å². The van der Waals surface area contributed by atoms with Gasteiger partial charge < -0.3 is 26.9 Å². The molecule has 0 spiro atoms. The van der Waals surface area contributed by atoms with Gasteiger partial charge >= 0.3 is 5.69 Å². The number of hydrogen-bond donors (Lipinski definition) is 5. The van der Waals surface area contributed by atoms with Crippen LogP contribution >= 0.6 is 11.6 Å². The average molecular weight is 625 g/mol. The minimum absolute atomic E-state index is 0.0298. The number of aromatic nitrogens is 4. The lowest BCUT2D eigenvalue weighted by molar-refractivity contribution is 0.277. The highest BCUT2D eigenvalue weighted by atomic mass is 35.5. The van der Waals surface area contributed by atoms with Crippen molar-refractivity contribution in [3.63, 3.8) is 0 Å². The van der Waals surface area contributed by atoms with E-state index < -0.39 is 11.5 Å². The molecule has 0 fully saturated rings. The lowest BCUT2D eigenvalue weighted by atomic mass is 10.0. The molecule has 0 amide bonds.